The maximum Gasteiger partial charge on any atom is 0.251 e. The lowest BCUT2D eigenvalue weighted by Crippen LogP contribution is -2.46. The van der Waals surface area contributed by atoms with Crippen molar-refractivity contribution in [2.24, 2.45) is 0 Å². The third-order valence-electron chi connectivity index (χ3n) is 4.35. The number of carbonyl (C=O) groups is 1. The summed E-state index contributed by atoms with van der Waals surface area (Å²) in [5, 5.41) is 22.3. The van der Waals surface area contributed by atoms with Crippen molar-refractivity contribution in [3.05, 3.63) is 70.8 Å². The van der Waals surface area contributed by atoms with Crippen LogP contribution >= 0.6 is 0 Å². The second-order valence-corrected chi connectivity index (χ2v) is 6.04. The highest BCUT2D eigenvalue weighted by Crippen LogP contribution is 2.28. The average Bonchev–Trinajstić information content (AvgIpc) is 2.60. The molecule has 0 saturated carbocycles. The number of nitriles is 1. The van der Waals surface area contributed by atoms with Gasteiger partial charge in [0, 0.05) is 18.5 Å². The number of carbonyl (C=O) groups excluding carboxylic acids is 1. The third kappa shape index (κ3) is 3.41. The fourth-order valence-electron chi connectivity index (χ4n) is 2.98. The predicted octanol–water partition coefficient (Wildman–Crippen LogP) is 2.21. The van der Waals surface area contributed by atoms with E-state index >= 15 is 0 Å². The van der Waals surface area contributed by atoms with Crippen LogP contribution in [0, 0.1) is 11.3 Å². The van der Waals surface area contributed by atoms with Crippen molar-refractivity contribution < 1.29 is 9.90 Å². The average molecular weight is 306 g/mol. The molecule has 0 spiro atoms. The predicted molar refractivity (Wildman–Crippen MR) is 86.9 cm³/mol. The Labute approximate surface area is 135 Å². The minimum Gasteiger partial charge on any atom is -0.388 e. The first kappa shape index (κ1) is 15.3. The van der Waals surface area contributed by atoms with Crippen LogP contribution in [0.5, 0.6) is 0 Å². The van der Waals surface area contributed by atoms with Crippen molar-refractivity contribution in [1.82, 2.24) is 5.32 Å². The van der Waals surface area contributed by atoms with Gasteiger partial charge in [0.1, 0.15) is 0 Å². The molecule has 23 heavy (non-hydrogen) atoms. The van der Waals surface area contributed by atoms with Crippen LogP contribution in [0.1, 0.15) is 33.5 Å². The molecule has 2 aromatic rings. The second kappa shape index (κ2) is 6.23. The number of nitrogens with one attached hydrogen (secondary N) is 1. The van der Waals surface area contributed by atoms with Crippen LogP contribution in [-0.4, -0.2) is 23.2 Å². The van der Waals surface area contributed by atoms with Crippen LogP contribution in [0.4, 0.5) is 0 Å². The van der Waals surface area contributed by atoms with Crippen molar-refractivity contribution in [2.45, 2.75) is 24.9 Å². The Morgan fingerprint density at radius 1 is 1.17 bits per heavy atom. The van der Waals surface area contributed by atoms with E-state index in [9.17, 15) is 9.90 Å². The fourth-order valence-corrected chi connectivity index (χ4v) is 2.98. The first-order valence-electron chi connectivity index (χ1n) is 7.67. The fraction of sp³-hybridized carbons (Fsp3) is 0.263. The molecule has 1 aliphatic carbocycles. The molecule has 4 heteroatoms. The van der Waals surface area contributed by atoms with Crippen molar-refractivity contribution in [3.8, 4) is 6.07 Å². The molecule has 3 rings (SSSR count). The summed E-state index contributed by atoms with van der Waals surface area (Å²) in [4.78, 5) is 12.2. The SMILES string of the molecule is N#Cc1ccc(C(=O)NCC2(O)CCc3ccccc3C2)cc1. The van der Waals surface area contributed by atoms with Gasteiger partial charge in [-0.3, -0.25) is 4.79 Å². The number of amides is 1. The molecule has 116 valence electrons. The highest BCUT2D eigenvalue weighted by atomic mass is 16.3. The van der Waals surface area contributed by atoms with Crippen molar-refractivity contribution in [1.29, 1.82) is 5.26 Å². The topological polar surface area (TPSA) is 73.1 Å². The number of aryl methyl sites for hydroxylation is 1. The Morgan fingerprint density at radius 3 is 2.57 bits per heavy atom. The molecular formula is C19H18N2O2. The number of hydrogen-bond acceptors (Lipinski definition) is 3. The van der Waals surface area contributed by atoms with Gasteiger partial charge in [-0.25, -0.2) is 0 Å². The largest absolute Gasteiger partial charge is 0.388 e. The molecule has 0 heterocycles. The number of rotatable bonds is 3. The molecule has 4 nitrogen and oxygen atoms in total. The Balaban J connectivity index is 1.63. The van der Waals surface area contributed by atoms with Gasteiger partial charge >= 0.3 is 0 Å². The Hall–Kier alpha value is -2.64. The lowest BCUT2D eigenvalue weighted by molar-refractivity contribution is 0.0260. The van der Waals surface area contributed by atoms with E-state index in [4.69, 9.17) is 5.26 Å². The zero-order valence-electron chi connectivity index (χ0n) is 12.7. The van der Waals surface area contributed by atoms with Gasteiger partial charge in [-0.05, 0) is 48.2 Å². The van der Waals surface area contributed by atoms with Gasteiger partial charge < -0.3 is 10.4 Å². The monoisotopic (exact) mass is 306 g/mol. The molecular weight excluding hydrogens is 288 g/mol. The molecule has 2 N–H and O–H groups in total. The number of nitrogens with zero attached hydrogens (tertiary/aromatic N) is 1. The molecule has 0 aromatic heterocycles. The van der Waals surface area contributed by atoms with Crippen LogP contribution in [0.25, 0.3) is 0 Å². The van der Waals surface area contributed by atoms with E-state index in [1.807, 2.05) is 24.3 Å². The van der Waals surface area contributed by atoms with Gasteiger partial charge in [-0.1, -0.05) is 24.3 Å². The number of hydrogen-bond donors (Lipinski definition) is 2. The summed E-state index contributed by atoms with van der Waals surface area (Å²) >= 11 is 0. The van der Waals surface area contributed by atoms with Gasteiger partial charge in [0.15, 0.2) is 0 Å². The quantitative estimate of drug-likeness (QED) is 0.913. The second-order valence-electron chi connectivity index (χ2n) is 6.04. The molecule has 1 unspecified atom stereocenters. The molecule has 0 fully saturated rings. The van der Waals surface area contributed by atoms with Crippen molar-refractivity contribution in [2.75, 3.05) is 6.54 Å². The first-order chi connectivity index (χ1) is 11.1. The lowest BCUT2D eigenvalue weighted by atomic mass is 9.80. The van der Waals surface area contributed by atoms with Gasteiger partial charge in [0.25, 0.3) is 5.91 Å². The molecule has 1 atom stereocenters. The maximum atomic E-state index is 12.2. The minimum absolute atomic E-state index is 0.222. The summed E-state index contributed by atoms with van der Waals surface area (Å²) in [6.45, 7) is 0.222. The smallest absolute Gasteiger partial charge is 0.251 e. The van der Waals surface area contributed by atoms with Crippen LogP contribution in [0.15, 0.2) is 48.5 Å². The van der Waals surface area contributed by atoms with E-state index < -0.39 is 5.60 Å². The van der Waals surface area contributed by atoms with E-state index in [1.54, 1.807) is 24.3 Å². The van der Waals surface area contributed by atoms with E-state index in [2.05, 4.69) is 11.4 Å². The summed E-state index contributed by atoms with van der Waals surface area (Å²) in [6, 6.07) is 16.6. The lowest BCUT2D eigenvalue weighted by Gasteiger charge is -2.33. The molecule has 1 aliphatic rings. The number of aliphatic hydroxyl groups is 1. The molecule has 2 aromatic carbocycles. The van der Waals surface area contributed by atoms with Gasteiger partial charge in [-0.15, -0.1) is 0 Å². The summed E-state index contributed by atoms with van der Waals surface area (Å²) in [6.07, 6.45) is 2.01. The van der Waals surface area contributed by atoms with Gasteiger partial charge in [-0.2, -0.15) is 5.26 Å². The van der Waals surface area contributed by atoms with Crippen LogP contribution in [0.3, 0.4) is 0 Å². The van der Waals surface area contributed by atoms with Crippen molar-refractivity contribution >= 4 is 5.91 Å². The highest BCUT2D eigenvalue weighted by molar-refractivity contribution is 5.94. The van der Waals surface area contributed by atoms with Gasteiger partial charge in [0.05, 0.1) is 17.2 Å². The zero-order valence-corrected chi connectivity index (χ0v) is 12.7. The van der Waals surface area contributed by atoms with Crippen LogP contribution < -0.4 is 5.32 Å². The molecule has 0 saturated heterocycles. The highest BCUT2D eigenvalue weighted by Gasteiger charge is 2.32. The maximum absolute atomic E-state index is 12.2. The Kier molecular flexibility index (Phi) is 4.14. The third-order valence-corrected chi connectivity index (χ3v) is 4.35. The van der Waals surface area contributed by atoms with E-state index in [-0.39, 0.29) is 12.5 Å². The van der Waals surface area contributed by atoms with Gasteiger partial charge in [0.2, 0.25) is 0 Å². The molecule has 0 bridgehead atoms. The van der Waals surface area contributed by atoms with Crippen molar-refractivity contribution in [3.63, 3.8) is 0 Å². The molecule has 0 aliphatic heterocycles. The number of benzene rings is 2. The number of fused-ring (bicyclic) bond motifs is 1. The van der Waals surface area contributed by atoms with E-state index in [0.29, 0.717) is 24.0 Å². The molecule has 0 radical (unpaired) electrons. The summed E-state index contributed by atoms with van der Waals surface area (Å²) < 4.78 is 0. The standard InChI is InChI=1S/C19H18N2O2/c20-12-14-5-7-16(8-6-14)18(22)21-13-19(23)10-9-15-3-1-2-4-17(15)11-19/h1-8,23H,9-11,13H2,(H,21,22). The normalized spacial score (nSPS) is 19.5. The summed E-state index contributed by atoms with van der Waals surface area (Å²) in [5.41, 5.74) is 2.52. The van der Waals surface area contributed by atoms with E-state index in [1.165, 1.54) is 5.56 Å². The van der Waals surface area contributed by atoms with E-state index in [0.717, 1.165) is 12.0 Å². The van der Waals surface area contributed by atoms with Crippen LogP contribution in [0.2, 0.25) is 0 Å². The first-order valence-corrected chi connectivity index (χ1v) is 7.67. The Morgan fingerprint density at radius 2 is 1.87 bits per heavy atom. The Bertz CT molecular complexity index is 762. The van der Waals surface area contributed by atoms with Crippen LogP contribution in [-0.2, 0) is 12.8 Å². The molecule has 1 amide bonds. The summed E-state index contributed by atoms with van der Waals surface area (Å²) in [7, 11) is 0. The minimum atomic E-state index is -0.906. The summed E-state index contributed by atoms with van der Waals surface area (Å²) in [5.74, 6) is -0.234. The zero-order chi connectivity index (χ0) is 16.3.